The molecule has 3 N–H and O–H groups in total. The molecular formula is C11H24N2O2. The molecule has 0 bridgehead atoms. The van der Waals surface area contributed by atoms with Crippen LogP contribution >= 0.6 is 0 Å². The molecule has 0 heterocycles. The molecule has 0 aliphatic heterocycles. The van der Waals surface area contributed by atoms with Crippen molar-refractivity contribution in [3.8, 4) is 0 Å². The van der Waals surface area contributed by atoms with Crippen molar-refractivity contribution < 1.29 is 9.53 Å². The summed E-state index contributed by atoms with van der Waals surface area (Å²) in [6.45, 7) is 8.38. The van der Waals surface area contributed by atoms with Crippen molar-refractivity contribution >= 4 is 5.91 Å². The summed E-state index contributed by atoms with van der Waals surface area (Å²) in [5.74, 6) is 0.356. The summed E-state index contributed by atoms with van der Waals surface area (Å²) in [6.07, 6.45) is 1.71. The van der Waals surface area contributed by atoms with Gasteiger partial charge in [-0.2, -0.15) is 0 Å². The molecule has 0 aliphatic rings. The fourth-order valence-electron chi connectivity index (χ4n) is 1.21. The number of carbonyl (C=O) groups is 1. The van der Waals surface area contributed by atoms with Gasteiger partial charge in [-0.05, 0) is 25.3 Å². The maximum atomic E-state index is 11.0. The number of hydrogen-bond donors (Lipinski definition) is 2. The van der Waals surface area contributed by atoms with E-state index in [2.05, 4.69) is 19.2 Å². The lowest BCUT2D eigenvalue weighted by molar-refractivity contribution is -0.120. The minimum Gasteiger partial charge on any atom is -0.381 e. The van der Waals surface area contributed by atoms with Gasteiger partial charge in [-0.15, -0.1) is 0 Å². The van der Waals surface area contributed by atoms with Gasteiger partial charge in [0.25, 0.3) is 0 Å². The van der Waals surface area contributed by atoms with Crippen molar-refractivity contribution in [3.05, 3.63) is 0 Å². The highest BCUT2D eigenvalue weighted by atomic mass is 16.5. The monoisotopic (exact) mass is 216 g/mol. The normalized spacial score (nSPS) is 13.1. The molecule has 0 radical (unpaired) electrons. The van der Waals surface area contributed by atoms with E-state index < -0.39 is 0 Å². The first-order chi connectivity index (χ1) is 7.07. The third-order valence-electron chi connectivity index (χ3n) is 2.18. The van der Waals surface area contributed by atoms with Crippen molar-refractivity contribution in [2.75, 3.05) is 19.8 Å². The summed E-state index contributed by atoms with van der Waals surface area (Å²) in [7, 11) is 0. The van der Waals surface area contributed by atoms with Gasteiger partial charge in [-0.3, -0.25) is 4.79 Å². The zero-order chi connectivity index (χ0) is 11.7. The molecular weight excluding hydrogens is 192 g/mol. The molecule has 0 aromatic carbocycles. The van der Waals surface area contributed by atoms with Crippen LogP contribution in [-0.4, -0.2) is 31.7 Å². The molecule has 0 aromatic rings. The second kappa shape index (κ2) is 8.68. The largest absolute Gasteiger partial charge is 0.381 e. The van der Waals surface area contributed by atoms with E-state index in [4.69, 9.17) is 10.5 Å². The number of nitrogens with one attached hydrogen (secondary N) is 1. The number of likely N-dealkylation sites (N-methyl/N-ethyl adjacent to an activating group) is 1. The van der Waals surface area contributed by atoms with Crippen LogP contribution in [0.2, 0.25) is 0 Å². The lowest BCUT2D eigenvalue weighted by Crippen LogP contribution is -2.41. The second-order valence-corrected chi connectivity index (χ2v) is 4.10. The number of ether oxygens (including phenoxy) is 1. The number of primary amides is 1. The Bertz CT molecular complexity index is 172. The van der Waals surface area contributed by atoms with Crippen LogP contribution in [0.3, 0.4) is 0 Å². The van der Waals surface area contributed by atoms with Gasteiger partial charge in [0.05, 0.1) is 6.04 Å². The lowest BCUT2D eigenvalue weighted by atomic mass is 10.1. The minimum absolute atomic E-state index is 0.256. The Morgan fingerprint density at radius 1 is 1.33 bits per heavy atom. The Morgan fingerprint density at radius 2 is 1.93 bits per heavy atom. The van der Waals surface area contributed by atoms with E-state index in [-0.39, 0.29) is 11.9 Å². The summed E-state index contributed by atoms with van der Waals surface area (Å²) in [5.41, 5.74) is 5.23. The van der Waals surface area contributed by atoms with Gasteiger partial charge in [0, 0.05) is 13.2 Å². The van der Waals surface area contributed by atoms with Gasteiger partial charge in [-0.25, -0.2) is 0 Å². The maximum Gasteiger partial charge on any atom is 0.234 e. The van der Waals surface area contributed by atoms with Gasteiger partial charge < -0.3 is 15.8 Å². The van der Waals surface area contributed by atoms with E-state index >= 15 is 0 Å². The predicted molar refractivity (Wildman–Crippen MR) is 61.6 cm³/mol. The Morgan fingerprint density at radius 3 is 2.40 bits per heavy atom. The fraction of sp³-hybridized carbons (Fsp3) is 0.909. The molecule has 0 aromatic heterocycles. The van der Waals surface area contributed by atoms with E-state index in [1.54, 1.807) is 0 Å². The van der Waals surface area contributed by atoms with Gasteiger partial charge in [0.15, 0.2) is 0 Å². The minimum atomic E-state index is -0.302. The van der Waals surface area contributed by atoms with Crippen molar-refractivity contribution in [2.24, 2.45) is 11.7 Å². The molecule has 0 saturated carbocycles. The van der Waals surface area contributed by atoms with Crippen LogP contribution in [-0.2, 0) is 9.53 Å². The first kappa shape index (κ1) is 14.4. The highest BCUT2D eigenvalue weighted by Crippen LogP contribution is 2.00. The third kappa shape index (κ3) is 8.39. The Kier molecular flexibility index (Phi) is 8.33. The van der Waals surface area contributed by atoms with E-state index in [1.807, 2.05) is 6.92 Å². The highest BCUT2D eigenvalue weighted by Gasteiger charge is 2.12. The molecule has 0 spiro atoms. The average molecular weight is 216 g/mol. The van der Waals surface area contributed by atoms with Gasteiger partial charge in [0.2, 0.25) is 5.91 Å². The SMILES string of the molecule is CCNC(CCOCCC(C)C)C(N)=O. The van der Waals surface area contributed by atoms with Crippen LogP contribution in [0.4, 0.5) is 0 Å². The number of rotatable bonds is 9. The molecule has 4 nitrogen and oxygen atoms in total. The summed E-state index contributed by atoms with van der Waals surface area (Å²) < 4.78 is 5.42. The molecule has 15 heavy (non-hydrogen) atoms. The van der Waals surface area contributed by atoms with Crippen LogP contribution in [0.5, 0.6) is 0 Å². The number of carbonyl (C=O) groups excluding carboxylic acids is 1. The van der Waals surface area contributed by atoms with Crippen LogP contribution in [0, 0.1) is 5.92 Å². The fourth-order valence-corrected chi connectivity index (χ4v) is 1.21. The molecule has 1 amide bonds. The van der Waals surface area contributed by atoms with E-state index in [0.29, 0.717) is 18.9 Å². The molecule has 1 atom stereocenters. The molecule has 0 rings (SSSR count). The Labute approximate surface area is 92.6 Å². The zero-order valence-electron chi connectivity index (χ0n) is 10.1. The number of amides is 1. The quantitative estimate of drug-likeness (QED) is 0.563. The summed E-state index contributed by atoms with van der Waals surface area (Å²) in [6, 6.07) is -0.256. The first-order valence-corrected chi connectivity index (χ1v) is 5.68. The van der Waals surface area contributed by atoms with E-state index in [9.17, 15) is 4.79 Å². The van der Waals surface area contributed by atoms with Crippen molar-refractivity contribution in [2.45, 2.75) is 39.7 Å². The summed E-state index contributed by atoms with van der Waals surface area (Å²) >= 11 is 0. The Hall–Kier alpha value is -0.610. The lowest BCUT2D eigenvalue weighted by Gasteiger charge is -2.14. The number of hydrogen-bond acceptors (Lipinski definition) is 3. The molecule has 4 heteroatoms. The van der Waals surface area contributed by atoms with E-state index in [0.717, 1.165) is 19.6 Å². The second-order valence-electron chi connectivity index (χ2n) is 4.10. The topological polar surface area (TPSA) is 64.3 Å². The zero-order valence-corrected chi connectivity index (χ0v) is 10.1. The number of nitrogens with two attached hydrogens (primary N) is 1. The summed E-state index contributed by atoms with van der Waals surface area (Å²) in [5, 5.41) is 3.03. The molecule has 0 fully saturated rings. The molecule has 1 unspecified atom stereocenters. The predicted octanol–water partition coefficient (Wildman–Crippen LogP) is 0.903. The average Bonchev–Trinajstić information content (AvgIpc) is 2.15. The van der Waals surface area contributed by atoms with Gasteiger partial charge >= 0.3 is 0 Å². The van der Waals surface area contributed by atoms with Crippen LogP contribution in [0.1, 0.15) is 33.6 Å². The standard InChI is InChI=1S/C11H24N2O2/c1-4-13-10(11(12)14)6-8-15-7-5-9(2)3/h9-10,13H,4-8H2,1-3H3,(H2,12,14). The van der Waals surface area contributed by atoms with Gasteiger partial charge in [-0.1, -0.05) is 20.8 Å². The van der Waals surface area contributed by atoms with Crippen LogP contribution in [0.15, 0.2) is 0 Å². The van der Waals surface area contributed by atoms with Crippen molar-refractivity contribution in [1.82, 2.24) is 5.32 Å². The highest BCUT2D eigenvalue weighted by molar-refractivity contribution is 5.79. The first-order valence-electron chi connectivity index (χ1n) is 5.68. The van der Waals surface area contributed by atoms with Crippen LogP contribution in [0.25, 0.3) is 0 Å². The molecule has 0 saturated heterocycles. The van der Waals surface area contributed by atoms with E-state index in [1.165, 1.54) is 0 Å². The van der Waals surface area contributed by atoms with Crippen molar-refractivity contribution in [1.29, 1.82) is 0 Å². The molecule has 0 aliphatic carbocycles. The Balaban J connectivity index is 3.49. The van der Waals surface area contributed by atoms with Gasteiger partial charge in [0.1, 0.15) is 0 Å². The molecule has 90 valence electrons. The smallest absolute Gasteiger partial charge is 0.234 e. The van der Waals surface area contributed by atoms with Crippen molar-refractivity contribution in [3.63, 3.8) is 0 Å². The van der Waals surface area contributed by atoms with Crippen LogP contribution < -0.4 is 11.1 Å². The summed E-state index contributed by atoms with van der Waals surface area (Å²) in [4.78, 5) is 11.0. The third-order valence-corrected chi connectivity index (χ3v) is 2.18. The maximum absolute atomic E-state index is 11.0.